The van der Waals surface area contributed by atoms with E-state index >= 15 is 0 Å². The monoisotopic (exact) mass is 2380 g/mol. The van der Waals surface area contributed by atoms with Crippen LogP contribution >= 0.6 is 94.2 Å². The molecule has 41 heteroatoms. The molecule has 0 bridgehead atoms. The molecular weight excluding hydrogens is 2280 g/mol. The summed E-state index contributed by atoms with van der Waals surface area (Å²) in [6, 6.07) is 38.8. The van der Waals surface area contributed by atoms with Crippen LogP contribution in [0.2, 0.25) is 20.1 Å². The molecule has 145 heavy (non-hydrogen) atoms. The molecule has 13 rings (SSSR count). The van der Waals surface area contributed by atoms with E-state index in [4.69, 9.17) is 60.7 Å². The van der Waals surface area contributed by atoms with Crippen molar-refractivity contribution in [3.8, 4) is 22.3 Å². The number of hydrogen-bond donors (Lipinski definition) is 0. The van der Waals surface area contributed by atoms with Crippen LogP contribution in [-0.4, -0.2) is 142 Å². The Morgan fingerprint density at radius 2 is 0.800 bits per heavy atom. The van der Waals surface area contributed by atoms with Gasteiger partial charge < -0.3 is 27.6 Å². The van der Waals surface area contributed by atoms with Gasteiger partial charge in [0.05, 0.1) is 40.2 Å². The maximum absolute atomic E-state index is 13.7. The number of benzene rings is 8. The fourth-order valence-corrected chi connectivity index (χ4v) is 22.3. The Kier molecular flexibility index (Phi) is 45.4. The van der Waals surface area contributed by atoms with Gasteiger partial charge in [-0.15, -0.1) is 0 Å². The predicted molar refractivity (Wildman–Crippen MR) is 584 cm³/mol. The predicted octanol–water partition coefficient (Wildman–Crippen LogP) is 19.4. The van der Waals surface area contributed by atoms with E-state index < -0.39 is 103 Å². The van der Waals surface area contributed by atoms with Gasteiger partial charge >= 0.3 is 36.7 Å². The number of carbonyl (C=O) groups is 3. The molecule has 0 amide bonds. The molecule has 3 aromatic heterocycles. The first-order valence-corrected chi connectivity index (χ1v) is 58.7. The second-order valence-electron chi connectivity index (χ2n) is 37.2. The van der Waals surface area contributed by atoms with Gasteiger partial charge in [0.15, 0.2) is 46.9 Å². The number of sulfone groups is 3. The van der Waals surface area contributed by atoms with E-state index in [0.717, 1.165) is 33.3 Å². The average molecular weight is 2390 g/mol. The molecule has 2 aliphatic rings. The number of ketones is 3. The van der Waals surface area contributed by atoms with Crippen molar-refractivity contribution in [3.05, 3.63) is 349 Å². The summed E-state index contributed by atoms with van der Waals surface area (Å²) in [5.41, 5.74) is 9.97. The Labute approximate surface area is 920 Å². The zero-order chi connectivity index (χ0) is 108. The fourth-order valence-electron chi connectivity index (χ4n) is 14.4. The number of carbonyl (C=O) groups excluding carboxylic acids is 3. The van der Waals surface area contributed by atoms with E-state index in [2.05, 4.69) is 47.8 Å². The van der Waals surface area contributed by atoms with Crippen LogP contribution in [0.4, 0.5) is 17.6 Å². The maximum Gasteiger partial charge on any atom is 1.00 e. The summed E-state index contributed by atoms with van der Waals surface area (Å²) in [6.45, 7) is 31.6. The number of nitrogens with zero attached hydrogens (tertiary/aromatic N) is 4. The first kappa shape index (κ1) is 125. The van der Waals surface area contributed by atoms with Crippen molar-refractivity contribution in [1.82, 2.24) is 13.7 Å². The van der Waals surface area contributed by atoms with Gasteiger partial charge in [0.1, 0.15) is 23.3 Å². The van der Waals surface area contributed by atoms with Crippen molar-refractivity contribution in [3.63, 3.8) is 0 Å². The first-order valence-electron chi connectivity index (χ1n) is 45.2. The molecular formula is C104H113BBr3Cl4F4N4NaO18S6. The molecule has 5 heterocycles. The molecule has 1 saturated heterocycles. The van der Waals surface area contributed by atoms with Gasteiger partial charge in [-0.3, -0.25) is 46.4 Å². The quantitative estimate of drug-likeness (QED) is 0.0160. The molecule has 0 saturated carbocycles. The second kappa shape index (κ2) is 52.7. The minimum Gasteiger partial charge on any atom is -0.772 e. The van der Waals surface area contributed by atoms with E-state index in [0.29, 0.717) is 103 Å². The molecule has 0 spiro atoms. The van der Waals surface area contributed by atoms with Crippen LogP contribution < -0.4 is 51.7 Å². The van der Waals surface area contributed by atoms with Crippen molar-refractivity contribution in [2.75, 3.05) is 34.5 Å². The topological polar surface area (TPSA) is 325 Å². The Balaban J connectivity index is 0.000000247. The summed E-state index contributed by atoms with van der Waals surface area (Å²) in [5, 5.41) is 1.75. The third kappa shape index (κ3) is 33.7. The molecule has 0 aliphatic carbocycles. The number of aliphatic imine (C=N–C) groups is 1. The maximum atomic E-state index is 13.7. The first-order chi connectivity index (χ1) is 66.8. The van der Waals surface area contributed by atoms with Crippen LogP contribution in [0.3, 0.4) is 0 Å². The molecule has 2 aliphatic heterocycles. The van der Waals surface area contributed by atoms with Gasteiger partial charge in [0.25, 0.3) is 11.1 Å². The largest absolute Gasteiger partial charge is 1.00 e. The summed E-state index contributed by atoms with van der Waals surface area (Å²) in [4.78, 5) is 80.6. The van der Waals surface area contributed by atoms with Gasteiger partial charge in [-0.1, -0.05) is 147 Å². The third-order valence-corrected chi connectivity index (χ3v) is 36.8. The second-order valence-corrected chi connectivity index (χ2v) is 53.8. The number of pyridine rings is 3. The summed E-state index contributed by atoms with van der Waals surface area (Å²) in [6.07, 6.45) is 5.12. The van der Waals surface area contributed by atoms with Crippen LogP contribution in [0.1, 0.15) is 233 Å². The van der Waals surface area contributed by atoms with Gasteiger partial charge in [-0.05, 0) is 284 Å². The van der Waals surface area contributed by atoms with Gasteiger partial charge in [-0.25, -0.2) is 42.8 Å². The summed E-state index contributed by atoms with van der Waals surface area (Å²) in [5.74, 6) is -2.79. The molecule has 1 unspecified atom stereocenters. The Bertz CT molecular complexity index is 7310. The molecule has 22 nitrogen and oxygen atoms in total. The number of aryl methyl sites for hydroxylation is 3. The van der Waals surface area contributed by atoms with E-state index in [-0.39, 0.29) is 159 Å². The van der Waals surface area contributed by atoms with Gasteiger partial charge in [-0.2, -0.15) is 0 Å². The number of alkyl halides is 1. The van der Waals surface area contributed by atoms with Crippen LogP contribution in [0.15, 0.2) is 211 Å². The molecule has 11 aromatic rings. The van der Waals surface area contributed by atoms with E-state index in [1.807, 2.05) is 90.0 Å². The van der Waals surface area contributed by atoms with Crippen LogP contribution in [0.5, 0.6) is 0 Å². The molecule has 0 radical (unpaired) electrons. The van der Waals surface area contributed by atoms with E-state index in [1.54, 1.807) is 122 Å². The Morgan fingerprint density at radius 3 is 1.19 bits per heavy atom. The molecule has 774 valence electrons. The van der Waals surface area contributed by atoms with Crippen LogP contribution in [0.25, 0.3) is 22.3 Å². The smallest absolute Gasteiger partial charge is 0.772 e. The summed E-state index contributed by atoms with van der Waals surface area (Å²) in [7, 11) is -7.84. The Morgan fingerprint density at radius 1 is 0.476 bits per heavy atom. The van der Waals surface area contributed by atoms with Crippen molar-refractivity contribution in [2.45, 2.75) is 179 Å². The standard InChI is InChI=1S/C29H33ClFNO5S2.C24H22ClFN2O3S.C19H32BNO4S.C16H13BrClFO3S.C14H8Br2ClFO.C2H6O2S.Na/c1-7-39(36,37)17-20-12-23(24(13-26(20)30)28(34)19-8-10-21(31)11-9-19)25-15-32(6)27(33)14-22(25)18(2)16-38(35)29(3,4)5;1-4-32(30,31)13-16-9-19-20(10-22(16)25)24(15-5-7-17(26)8-6-15)27-14(2)18-11-23(29)28(3)12-21(18)19;1-13(12-26(23)17(2,3)4)14-10-16(22)21(9)11-15(14)20-24-18(5,6)19(7,8)25-20;1-2-23(21,22)9-11-7-14(17)13(8-15(11)18)16(20)10-3-5-12(19)6-4-10;15-7-9-5-12(16)11(6-13(9)17)14(19)8-1-3-10(18)4-2-8;1-2-5(3)4;/h8-15,18H,7,16-17H2,1-6H3;5-12,14H,4,13H2,1-3H3;10-11,13H,12H2,1-9H3;3-8H,2,9H2,1H3;1-6H,7H2;2H2,1H3,(H,3,4);/q;;;;;;+1/p-1/t18-,38-;14-;13-,26-;;;;/m101..../s1. The van der Waals surface area contributed by atoms with E-state index in [1.165, 1.54) is 123 Å². The van der Waals surface area contributed by atoms with Crippen molar-refractivity contribution in [2.24, 2.45) is 26.1 Å². The summed E-state index contributed by atoms with van der Waals surface area (Å²) < 4.78 is 187. The minimum absolute atomic E-state index is 0. The number of halogens is 11. The molecule has 0 N–H and O–H groups in total. The zero-order valence-electron chi connectivity index (χ0n) is 83.9. The molecule has 8 aromatic carbocycles. The SMILES string of the molecule is CCS(=O)(=O)Cc1cc(-c2cn(C)c(=O)cc2[C@H](C)C[S@@](=O)C(C)(C)C)c(C(=O)c2ccc(F)cc2)cc1Cl.CCS(=O)(=O)Cc1cc(Br)c(C(=O)c2ccc(F)cc2)cc1Cl.CCS(=O)(=O)Cc1cc2c(cc1Cl)C(c1ccc(F)cc1)=N[C@@H](C)c1cc(=O)n(C)cc1-2.CCS(=O)[O-].C[C@H](C[S@@](=O)C(C)(C)C)c1cc(=O)n(C)cc1B1OC(C)(C)C(C)(C)O1.O=C(c1ccc(F)cc1)c1cc(Cl)c(CBr)cc1Br.[Na+]. The van der Waals surface area contributed by atoms with E-state index in [9.17, 15) is 88.8 Å². The molecule has 1 fully saturated rings. The fraction of sp³-hybridized carbons (Fsp3) is 0.356. The van der Waals surface area contributed by atoms with Crippen molar-refractivity contribution in [1.29, 1.82) is 0 Å². The molecule has 6 atom stereocenters. The number of rotatable bonds is 26. The number of hydrogen-bond acceptors (Lipinski definition) is 19. The van der Waals surface area contributed by atoms with Crippen molar-refractivity contribution < 1.29 is 113 Å². The van der Waals surface area contributed by atoms with Crippen LogP contribution in [0, 0.1) is 23.3 Å². The van der Waals surface area contributed by atoms with Crippen molar-refractivity contribution >= 4 is 192 Å². The minimum atomic E-state index is -3.46. The van der Waals surface area contributed by atoms with Gasteiger partial charge in [0.2, 0.25) is 5.56 Å². The Hall–Kier alpha value is -7.15. The van der Waals surface area contributed by atoms with Crippen LogP contribution in [-0.2, 0) is 115 Å². The summed E-state index contributed by atoms with van der Waals surface area (Å²) >= 11 is 33.4. The third-order valence-electron chi connectivity index (χ3n) is 23.8. The zero-order valence-corrected chi connectivity index (χ0v) is 98.6. The number of aromatic nitrogens is 3. The normalized spacial score (nSPS) is 14.7. The number of fused-ring (bicyclic) bond motifs is 3. The average Bonchev–Trinajstić information content (AvgIpc) is 1.46. The van der Waals surface area contributed by atoms with Gasteiger partial charge in [0, 0.05) is 219 Å².